The molecule has 2 rings (SSSR count). The third kappa shape index (κ3) is 6.07. The number of carbonyl (C=O) groups excluding carboxylic acids is 1. The number of ether oxygens (including phenoxy) is 2. The van der Waals surface area contributed by atoms with Crippen molar-refractivity contribution in [3.05, 3.63) is 58.6 Å². The number of carbonyl (C=O) groups is 1. The predicted molar refractivity (Wildman–Crippen MR) is 102 cm³/mol. The molecule has 5 heteroatoms. The minimum atomic E-state index is -0.185. The van der Waals surface area contributed by atoms with Crippen molar-refractivity contribution in [2.75, 3.05) is 18.5 Å². The van der Waals surface area contributed by atoms with Crippen molar-refractivity contribution in [3.8, 4) is 5.75 Å². The van der Waals surface area contributed by atoms with Crippen LogP contribution in [-0.2, 0) is 11.3 Å². The van der Waals surface area contributed by atoms with Crippen molar-refractivity contribution >= 4 is 23.2 Å². The van der Waals surface area contributed by atoms with E-state index in [-0.39, 0.29) is 5.91 Å². The van der Waals surface area contributed by atoms with Crippen LogP contribution in [0, 0.1) is 5.92 Å². The van der Waals surface area contributed by atoms with Crippen LogP contribution in [0.3, 0.4) is 0 Å². The fourth-order valence-corrected chi connectivity index (χ4v) is 2.40. The van der Waals surface area contributed by atoms with Crippen molar-refractivity contribution in [2.45, 2.75) is 27.4 Å². The predicted octanol–water partition coefficient (Wildman–Crippen LogP) is 5.16. The third-order valence-corrected chi connectivity index (χ3v) is 3.69. The Balaban J connectivity index is 2.13. The van der Waals surface area contributed by atoms with Crippen LogP contribution in [0.5, 0.6) is 5.75 Å². The largest absolute Gasteiger partial charge is 0.494 e. The van der Waals surface area contributed by atoms with Gasteiger partial charge in [-0.25, -0.2) is 0 Å². The first-order chi connectivity index (χ1) is 12.0. The van der Waals surface area contributed by atoms with Crippen molar-refractivity contribution in [1.82, 2.24) is 0 Å². The maximum Gasteiger partial charge on any atom is 0.255 e. The molecule has 0 radical (unpaired) electrons. The van der Waals surface area contributed by atoms with Crippen LogP contribution in [0.4, 0.5) is 5.69 Å². The highest BCUT2D eigenvalue weighted by Crippen LogP contribution is 2.23. The van der Waals surface area contributed by atoms with Gasteiger partial charge in [-0.05, 0) is 55.3 Å². The van der Waals surface area contributed by atoms with Crippen LogP contribution in [-0.4, -0.2) is 19.1 Å². The average molecular weight is 362 g/mol. The van der Waals surface area contributed by atoms with Gasteiger partial charge in [-0.1, -0.05) is 25.4 Å². The summed E-state index contributed by atoms with van der Waals surface area (Å²) in [5.74, 6) is 1.01. The number of anilines is 1. The first-order valence-corrected chi connectivity index (χ1v) is 8.77. The summed E-state index contributed by atoms with van der Waals surface area (Å²) in [6, 6.07) is 12.4. The molecule has 1 amide bonds. The van der Waals surface area contributed by atoms with E-state index in [9.17, 15) is 4.79 Å². The van der Waals surface area contributed by atoms with Crippen LogP contribution in [0.2, 0.25) is 5.02 Å². The summed E-state index contributed by atoms with van der Waals surface area (Å²) < 4.78 is 11.3. The third-order valence-electron chi connectivity index (χ3n) is 3.43. The molecule has 2 aromatic rings. The standard InChI is InChI=1S/C20H24ClNO3/c1-4-25-19-10-5-15(11-16(19)13-24-12-14(2)3)20(23)22-18-8-6-17(21)7-9-18/h5-11,14H,4,12-13H2,1-3H3,(H,22,23). The Morgan fingerprint density at radius 2 is 1.88 bits per heavy atom. The SMILES string of the molecule is CCOc1ccc(C(=O)Nc2ccc(Cl)cc2)cc1COCC(C)C. The van der Waals surface area contributed by atoms with Crippen LogP contribution < -0.4 is 10.1 Å². The lowest BCUT2D eigenvalue weighted by Gasteiger charge is -2.14. The van der Waals surface area contributed by atoms with Crippen LogP contribution >= 0.6 is 11.6 Å². The van der Waals surface area contributed by atoms with E-state index >= 15 is 0 Å². The van der Waals surface area contributed by atoms with Gasteiger partial charge in [-0.3, -0.25) is 4.79 Å². The number of rotatable bonds is 8. The molecule has 0 aromatic heterocycles. The minimum absolute atomic E-state index is 0.185. The second-order valence-corrected chi connectivity index (χ2v) is 6.56. The van der Waals surface area contributed by atoms with E-state index in [1.807, 2.05) is 19.1 Å². The van der Waals surface area contributed by atoms with Crippen LogP contribution in [0.1, 0.15) is 36.7 Å². The van der Waals surface area contributed by atoms with Crippen molar-refractivity contribution in [1.29, 1.82) is 0 Å². The lowest BCUT2D eigenvalue weighted by atomic mass is 10.1. The molecule has 4 nitrogen and oxygen atoms in total. The van der Waals surface area contributed by atoms with E-state index < -0.39 is 0 Å². The highest BCUT2D eigenvalue weighted by Gasteiger charge is 2.11. The topological polar surface area (TPSA) is 47.6 Å². The summed E-state index contributed by atoms with van der Waals surface area (Å²) in [5.41, 5.74) is 2.12. The molecule has 134 valence electrons. The Labute approximate surface area is 154 Å². The second kappa shape index (κ2) is 9.44. The number of nitrogens with one attached hydrogen (secondary N) is 1. The summed E-state index contributed by atoms with van der Waals surface area (Å²) in [6.07, 6.45) is 0. The Bertz CT molecular complexity index is 699. The van der Waals surface area contributed by atoms with Gasteiger partial charge in [0, 0.05) is 28.4 Å². The molecule has 25 heavy (non-hydrogen) atoms. The molecule has 0 heterocycles. The normalized spacial score (nSPS) is 10.8. The molecule has 0 fully saturated rings. The lowest BCUT2D eigenvalue weighted by molar-refractivity contribution is 0.0948. The molecule has 1 N–H and O–H groups in total. The van der Waals surface area contributed by atoms with Gasteiger partial charge >= 0.3 is 0 Å². The lowest BCUT2D eigenvalue weighted by Crippen LogP contribution is -2.13. The summed E-state index contributed by atoms with van der Waals surface area (Å²) in [6.45, 7) is 7.76. The van der Waals surface area contributed by atoms with Crippen LogP contribution in [0.25, 0.3) is 0 Å². The number of amides is 1. The molecular weight excluding hydrogens is 338 g/mol. The van der Waals surface area contributed by atoms with Crippen molar-refractivity contribution < 1.29 is 14.3 Å². The molecule has 0 unspecified atom stereocenters. The van der Waals surface area contributed by atoms with E-state index in [1.54, 1.807) is 30.3 Å². The molecular formula is C20H24ClNO3. The molecule has 0 bridgehead atoms. The van der Waals surface area contributed by atoms with Crippen molar-refractivity contribution in [2.24, 2.45) is 5.92 Å². The number of halogens is 1. The van der Waals surface area contributed by atoms with Gasteiger partial charge < -0.3 is 14.8 Å². The monoisotopic (exact) mass is 361 g/mol. The molecule has 0 saturated carbocycles. The Morgan fingerprint density at radius 3 is 2.52 bits per heavy atom. The molecule has 0 atom stereocenters. The van der Waals surface area contributed by atoms with E-state index in [1.165, 1.54) is 0 Å². The molecule has 0 spiro atoms. The van der Waals surface area contributed by atoms with Gasteiger partial charge in [0.05, 0.1) is 13.2 Å². The van der Waals surface area contributed by atoms with E-state index in [0.29, 0.717) is 42.0 Å². The molecule has 2 aromatic carbocycles. The van der Waals surface area contributed by atoms with Gasteiger partial charge in [0.1, 0.15) is 5.75 Å². The zero-order chi connectivity index (χ0) is 18.2. The molecule has 0 aliphatic heterocycles. The summed E-state index contributed by atoms with van der Waals surface area (Å²) in [7, 11) is 0. The van der Waals surface area contributed by atoms with E-state index in [2.05, 4.69) is 19.2 Å². The summed E-state index contributed by atoms with van der Waals surface area (Å²) in [5, 5.41) is 3.49. The van der Waals surface area contributed by atoms with Gasteiger partial charge in [-0.15, -0.1) is 0 Å². The zero-order valence-electron chi connectivity index (χ0n) is 14.8. The number of hydrogen-bond donors (Lipinski definition) is 1. The molecule has 0 aliphatic rings. The average Bonchev–Trinajstić information content (AvgIpc) is 2.58. The van der Waals surface area contributed by atoms with E-state index in [4.69, 9.17) is 21.1 Å². The highest BCUT2D eigenvalue weighted by molar-refractivity contribution is 6.30. The fourth-order valence-electron chi connectivity index (χ4n) is 2.27. The first-order valence-electron chi connectivity index (χ1n) is 8.40. The second-order valence-electron chi connectivity index (χ2n) is 6.13. The van der Waals surface area contributed by atoms with Crippen LogP contribution in [0.15, 0.2) is 42.5 Å². The van der Waals surface area contributed by atoms with Gasteiger partial charge in [-0.2, -0.15) is 0 Å². The summed E-state index contributed by atoms with van der Waals surface area (Å²) >= 11 is 5.86. The quantitative estimate of drug-likeness (QED) is 0.706. The van der Waals surface area contributed by atoms with Gasteiger partial charge in [0.25, 0.3) is 5.91 Å². The first kappa shape index (κ1) is 19.3. The van der Waals surface area contributed by atoms with Gasteiger partial charge in [0.2, 0.25) is 0 Å². The number of benzene rings is 2. The van der Waals surface area contributed by atoms with Crippen molar-refractivity contribution in [3.63, 3.8) is 0 Å². The summed E-state index contributed by atoms with van der Waals surface area (Å²) in [4.78, 5) is 12.5. The Hall–Kier alpha value is -2.04. The van der Waals surface area contributed by atoms with Gasteiger partial charge in [0.15, 0.2) is 0 Å². The molecule has 0 saturated heterocycles. The Morgan fingerprint density at radius 1 is 1.16 bits per heavy atom. The highest BCUT2D eigenvalue weighted by atomic mass is 35.5. The maximum absolute atomic E-state index is 12.5. The number of hydrogen-bond acceptors (Lipinski definition) is 3. The minimum Gasteiger partial charge on any atom is -0.494 e. The Kier molecular flexibility index (Phi) is 7.29. The fraction of sp³-hybridized carbons (Fsp3) is 0.350. The van der Waals surface area contributed by atoms with E-state index in [0.717, 1.165) is 11.3 Å². The smallest absolute Gasteiger partial charge is 0.255 e. The zero-order valence-corrected chi connectivity index (χ0v) is 15.6. The maximum atomic E-state index is 12.5. The molecule has 0 aliphatic carbocycles.